The number of hydrogen-bond donors (Lipinski definition) is 1. The number of carbonyl (C=O) groups is 2. The number of benzene rings is 1. The van der Waals surface area contributed by atoms with Crippen LogP contribution >= 0.6 is 11.6 Å². The van der Waals surface area contributed by atoms with E-state index in [1.165, 1.54) is 4.90 Å². The molecule has 114 valence electrons. The van der Waals surface area contributed by atoms with Crippen molar-refractivity contribution in [2.24, 2.45) is 5.92 Å². The Labute approximate surface area is 129 Å². The van der Waals surface area contributed by atoms with Gasteiger partial charge in [0.1, 0.15) is 6.54 Å². The largest absolute Gasteiger partial charge is 0.480 e. The second-order valence-electron chi connectivity index (χ2n) is 5.58. The van der Waals surface area contributed by atoms with Crippen LogP contribution in [-0.4, -0.2) is 41.1 Å². The Hall–Kier alpha value is -1.75. The summed E-state index contributed by atoms with van der Waals surface area (Å²) >= 11 is 5.84. The molecule has 1 fully saturated rings. The lowest BCUT2D eigenvalue weighted by molar-refractivity contribution is -0.135. The van der Waals surface area contributed by atoms with E-state index in [9.17, 15) is 9.59 Å². The molecule has 1 aliphatic heterocycles. The van der Waals surface area contributed by atoms with E-state index < -0.39 is 5.97 Å². The summed E-state index contributed by atoms with van der Waals surface area (Å²) < 4.78 is 0. The van der Waals surface area contributed by atoms with E-state index in [1.807, 2.05) is 6.92 Å². The molecule has 2 rings (SSSR count). The first kappa shape index (κ1) is 15.6. The van der Waals surface area contributed by atoms with Crippen molar-refractivity contribution in [2.75, 3.05) is 18.0 Å². The number of aliphatic carboxylic acids is 1. The van der Waals surface area contributed by atoms with Crippen molar-refractivity contribution in [1.82, 2.24) is 4.90 Å². The van der Waals surface area contributed by atoms with Crippen LogP contribution in [0, 0.1) is 5.92 Å². The third-order valence-corrected chi connectivity index (χ3v) is 3.94. The number of anilines is 1. The molecule has 0 radical (unpaired) electrons. The van der Waals surface area contributed by atoms with Crippen LogP contribution in [0.2, 0.25) is 5.02 Å². The van der Waals surface area contributed by atoms with Crippen molar-refractivity contribution in [3.8, 4) is 0 Å². The van der Waals surface area contributed by atoms with E-state index in [2.05, 4.69) is 6.92 Å². The minimum Gasteiger partial charge on any atom is -0.480 e. The average molecular weight is 311 g/mol. The van der Waals surface area contributed by atoms with Crippen LogP contribution in [0.25, 0.3) is 0 Å². The second-order valence-corrected chi connectivity index (χ2v) is 6.02. The molecule has 1 aromatic carbocycles. The molecule has 2 unspecified atom stereocenters. The maximum Gasteiger partial charge on any atom is 0.325 e. The summed E-state index contributed by atoms with van der Waals surface area (Å²) in [5.41, 5.74) is 0.540. The van der Waals surface area contributed by atoms with Crippen LogP contribution in [0.1, 0.15) is 20.3 Å². The fourth-order valence-electron chi connectivity index (χ4n) is 2.75. The first-order valence-electron chi connectivity index (χ1n) is 6.94. The van der Waals surface area contributed by atoms with Crippen molar-refractivity contribution in [3.63, 3.8) is 0 Å². The summed E-state index contributed by atoms with van der Waals surface area (Å²) in [5, 5.41) is 9.62. The number of halogens is 1. The standard InChI is InChI=1S/C15H19ClN2O3/c1-10-7-11(2)17(8-10)15(21)18(9-14(19)20)13-5-3-12(16)4-6-13/h3-6,10-11H,7-9H2,1-2H3,(H,19,20). The smallest absolute Gasteiger partial charge is 0.325 e. The number of urea groups is 1. The van der Waals surface area contributed by atoms with Gasteiger partial charge in [-0.1, -0.05) is 18.5 Å². The molecule has 1 aliphatic rings. The molecule has 2 amide bonds. The van der Waals surface area contributed by atoms with Gasteiger partial charge in [-0.05, 0) is 43.5 Å². The maximum atomic E-state index is 12.7. The van der Waals surface area contributed by atoms with Gasteiger partial charge >= 0.3 is 12.0 Å². The van der Waals surface area contributed by atoms with E-state index in [4.69, 9.17) is 16.7 Å². The van der Waals surface area contributed by atoms with Gasteiger partial charge in [-0.15, -0.1) is 0 Å². The number of nitrogens with zero attached hydrogens (tertiary/aromatic N) is 2. The quantitative estimate of drug-likeness (QED) is 0.933. The number of carbonyl (C=O) groups excluding carboxylic acids is 1. The number of rotatable bonds is 3. The van der Waals surface area contributed by atoms with E-state index in [-0.39, 0.29) is 18.6 Å². The van der Waals surface area contributed by atoms with Gasteiger partial charge in [0, 0.05) is 23.3 Å². The fourth-order valence-corrected chi connectivity index (χ4v) is 2.87. The molecule has 1 aromatic rings. The zero-order valence-electron chi connectivity index (χ0n) is 12.1. The van der Waals surface area contributed by atoms with Crippen molar-refractivity contribution in [3.05, 3.63) is 29.3 Å². The molecule has 1 N–H and O–H groups in total. The fraction of sp³-hybridized carbons (Fsp3) is 0.467. The Morgan fingerprint density at radius 2 is 1.95 bits per heavy atom. The zero-order valence-corrected chi connectivity index (χ0v) is 12.9. The van der Waals surface area contributed by atoms with E-state index in [1.54, 1.807) is 29.2 Å². The topological polar surface area (TPSA) is 60.9 Å². The number of carboxylic acid groups (broad SMARTS) is 1. The van der Waals surface area contributed by atoms with Crippen molar-refractivity contribution >= 4 is 29.3 Å². The summed E-state index contributed by atoms with van der Waals surface area (Å²) in [6, 6.07) is 6.47. The molecule has 1 heterocycles. The van der Waals surface area contributed by atoms with Gasteiger partial charge in [0.15, 0.2) is 0 Å². The van der Waals surface area contributed by atoms with E-state index >= 15 is 0 Å². The van der Waals surface area contributed by atoms with Crippen molar-refractivity contribution in [2.45, 2.75) is 26.3 Å². The van der Waals surface area contributed by atoms with Crippen LogP contribution in [0.5, 0.6) is 0 Å². The Morgan fingerprint density at radius 1 is 1.33 bits per heavy atom. The van der Waals surface area contributed by atoms with Gasteiger partial charge in [-0.3, -0.25) is 9.69 Å². The highest BCUT2D eigenvalue weighted by Crippen LogP contribution is 2.26. The lowest BCUT2D eigenvalue weighted by Crippen LogP contribution is -2.47. The molecular weight excluding hydrogens is 292 g/mol. The summed E-state index contributed by atoms with van der Waals surface area (Å²) in [6.45, 7) is 4.37. The highest BCUT2D eigenvalue weighted by molar-refractivity contribution is 6.30. The molecule has 5 nitrogen and oxygen atoms in total. The Morgan fingerprint density at radius 3 is 2.43 bits per heavy atom. The van der Waals surface area contributed by atoms with Gasteiger partial charge < -0.3 is 10.0 Å². The third-order valence-electron chi connectivity index (χ3n) is 3.69. The molecule has 0 saturated carbocycles. The SMILES string of the molecule is CC1CC(C)N(C(=O)N(CC(=O)O)c2ccc(Cl)cc2)C1. The predicted molar refractivity (Wildman–Crippen MR) is 81.8 cm³/mol. The second kappa shape index (κ2) is 6.35. The van der Waals surface area contributed by atoms with Crippen LogP contribution in [-0.2, 0) is 4.79 Å². The van der Waals surface area contributed by atoms with Gasteiger partial charge in [0.2, 0.25) is 0 Å². The number of likely N-dealkylation sites (tertiary alicyclic amines) is 1. The Bertz CT molecular complexity index is 532. The van der Waals surface area contributed by atoms with Crippen molar-refractivity contribution in [1.29, 1.82) is 0 Å². The molecular formula is C15H19ClN2O3. The Balaban J connectivity index is 2.25. The Kier molecular flexibility index (Phi) is 4.73. The molecule has 0 spiro atoms. The van der Waals surface area contributed by atoms with E-state index in [0.29, 0.717) is 23.2 Å². The number of carboxylic acids is 1. The third kappa shape index (κ3) is 3.67. The number of amides is 2. The first-order chi connectivity index (χ1) is 9.88. The lowest BCUT2D eigenvalue weighted by Gasteiger charge is -2.29. The van der Waals surface area contributed by atoms with Crippen molar-refractivity contribution < 1.29 is 14.7 Å². The molecule has 6 heteroatoms. The highest BCUT2D eigenvalue weighted by atomic mass is 35.5. The molecule has 0 bridgehead atoms. The minimum absolute atomic E-state index is 0.121. The minimum atomic E-state index is -1.04. The molecule has 21 heavy (non-hydrogen) atoms. The monoisotopic (exact) mass is 310 g/mol. The summed E-state index contributed by atoms with van der Waals surface area (Å²) in [7, 11) is 0. The van der Waals surface area contributed by atoms with Crippen LogP contribution in [0.15, 0.2) is 24.3 Å². The summed E-state index contributed by atoms with van der Waals surface area (Å²) in [4.78, 5) is 26.8. The predicted octanol–water partition coefficient (Wildman–Crippen LogP) is 3.08. The normalized spacial score (nSPS) is 21.4. The zero-order chi connectivity index (χ0) is 15.6. The number of hydrogen-bond acceptors (Lipinski definition) is 2. The molecule has 2 atom stereocenters. The maximum absolute atomic E-state index is 12.7. The van der Waals surface area contributed by atoms with Crippen LogP contribution in [0.4, 0.5) is 10.5 Å². The van der Waals surface area contributed by atoms with Gasteiger partial charge in [0.05, 0.1) is 0 Å². The molecule has 0 aromatic heterocycles. The first-order valence-corrected chi connectivity index (χ1v) is 7.31. The van der Waals surface area contributed by atoms with Gasteiger partial charge in [-0.25, -0.2) is 4.79 Å². The lowest BCUT2D eigenvalue weighted by atomic mass is 10.1. The van der Waals surface area contributed by atoms with Crippen LogP contribution in [0.3, 0.4) is 0 Å². The highest BCUT2D eigenvalue weighted by Gasteiger charge is 2.33. The van der Waals surface area contributed by atoms with E-state index in [0.717, 1.165) is 6.42 Å². The summed E-state index contributed by atoms with van der Waals surface area (Å²) in [6.07, 6.45) is 0.938. The van der Waals surface area contributed by atoms with Gasteiger partial charge in [0.25, 0.3) is 0 Å². The molecule has 1 saturated heterocycles. The van der Waals surface area contributed by atoms with Gasteiger partial charge in [-0.2, -0.15) is 0 Å². The average Bonchev–Trinajstić information content (AvgIpc) is 2.75. The van der Waals surface area contributed by atoms with Crippen LogP contribution < -0.4 is 4.90 Å². The molecule has 0 aliphatic carbocycles. The summed E-state index contributed by atoms with van der Waals surface area (Å²) in [5.74, 6) is -0.612.